The first-order valence-electron chi connectivity index (χ1n) is 5.28. The first-order chi connectivity index (χ1) is 6.36. The number of methoxy groups -OCH3 is 1. The second-order valence-corrected chi connectivity index (χ2v) is 3.81. The molecule has 0 spiro atoms. The minimum absolute atomic E-state index is 0.794. The lowest BCUT2D eigenvalue weighted by Crippen LogP contribution is -2.40. The van der Waals surface area contributed by atoms with Crippen molar-refractivity contribution < 1.29 is 4.74 Å². The van der Waals surface area contributed by atoms with E-state index in [-0.39, 0.29) is 0 Å². The van der Waals surface area contributed by atoms with Gasteiger partial charge in [-0.15, -0.1) is 0 Å². The number of likely N-dealkylation sites (tertiary alicyclic amines) is 1. The van der Waals surface area contributed by atoms with Crippen LogP contribution in [0, 0.1) is 5.92 Å². The van der Waals surface area contributed by atoms with Crippen molar-refractivity contribution in [3.8, 4) is 0 Å². The summed E-state index contributed by atoms with van der Waals surface area (Å²) in [6.45, 7) is 7.60. The van der Waals surface area contributed by atoms with Crippen molar-refractivity contribution in [1.82, 2.24) is 10.2 Å². The van der Waals surface area contributed by atoms with Gasteiger partial charge in [-0.25, -0.2) is 0 Å². The van der Waals surface area contributed by atoms with E-state index in [1.165, 1.54) is 25.9 Å². The smallest absolute Gasteiger partial charge is 0.0986 e. The largest absolute Gasteiger partial charge is 0.369 e. The average molecular weight is 186 g/mol. The van der Waals surface area contributed by atoms with Crippen molar-refractivity contribution in [2.45, 2.75) is 19.8 Å². The van der Waals surface area contributed by atoms with Crippen LogP contribution in [0.1, 0.15) is 19.8 Å². The molecule has 1 heterocycles. The van der Waals surface area contributed by atoms with Crippen LogP contribution < -0.4 is 5.32 Å². The molecular weight excluding hydrogens is 164 g/mol. The van der Waals surface area contributed by atoms with Crippen LogP contribution in [0.5, 0.6) is 0 Å². The molecule has 0 bridgehead atoms. The van der Waals surface area contributed by atoms with Gasteiger partial charge in [-0.3, -0.25) is 4.90 Å². The fraction of sp³-hybridized carbons (Fsp3) is 1.00. The normalized spacial score (nSPS) is 24.9. The zero-order chi connectivity index (χ0) is 9.52. The highest BCUT2D eigenvalue weighted by Crippen LogP contribution is 2.15. The quantitative estimate of drug-likeness (QED) is 0.691. The predicted octanol–water partition coefficient (Wildman–Crippen LogP) is 0.912. The summed E-state index contributed by atoms with van der Waals surface area (Å²) in [5.41, 5.74) is 0. The van der Waals surface area contributed by atoms with Crippen molar-refractivity contribution in [1.29, 1.82) is 0 Å². The summed E-state index contributed by atoms with van der Waals surface area (Å²) in [4.78, 5) is 2.39. The van der Waals surface area contributed by atoms with Crippen molar-refractivity contribution >= 4 is 0 Å². The molecule has 1 N–H and O–H groups in total. The molecule has 13 heavy (non-hydrogen) atoms. The van der Waals surface area contributed by atoms with Gasteiger partial charge in [0.1, 0.15) is 0 Å². The maximum absolute atomic E-state index is 5.14. The topological polar surface area (TPSA) is 24.5 Å². The highest BCUT2D eigenvalue weighted by atomic mass is 16.5. The van der Waals surface area contributed by atoms with E-state index in [4.69, 9.17) is 4.74 Å². The Bertz CT molecular complexity index is 128. The average Bonchev–Trinajstić information content (AvgIpc) is 2.16. The maximum Gasteiger partial charge on any atom is 0.0986 e. The predicted molar refractivity (Wildman–Crippen MR) is 54.7 cm³/mol. The van der Waals surface area contributed by atoms with Crippen LogP contribution in [-0.2, 0) is 4.74 Å². The molecule has 0 aliphatic carbocycles. The Morgan fingerprint density at radius 2 is 2.38 bits per heavy atom. The molecule has 1 aliphatic rings. The summed E-state index contributed by atoms with van der Waals surface area (Å²) in [5, 5.41) is 3.41. The number of piperidine rings is 1. The minimum atomic E-state index is 0.794. The van der Waals surface area contributed by atoms with Gasteiger partial charge < -0.3 is 10.1 Å². The summed E-state index contributed by atoms with van der Waals surface area (Å²) < 4.78 is 5.14. The summed E-state index contributed by atoms with van der Waals surface area (Å²) in [6, 6.07) is 0. The number of nitrogens with one attached hydrogen (secondary N) is 1. The SMILES string of the molecule is CCNCC1CCCN(COC)C1. The van der Waals surface area contributed by atoms with Gasteiger partial charge in [0.15, 0.2) is 0 Å². The van der Waals surface area contributed by atoms with Crippen molar-refractivity contribution in [3.63, 3.8) is 0 Å². The molecule has 0 aromatic carbocycles. The molecule has 1 rings (SSSR count). The fourth-order valence-electron chi connectivity index (χ4n) is 1.97. The Kier molecular flexibility index (Phi) is 5.35. The van der Waals surface area contributed by atoms with E-state index >= 15 is 0 Å². The lowest BCUT2D eigenvalue weighted by molar-refractivity contribution is 0.0343. The molecule has 0 radical (unpaired) electrons. The highest BCUT2D eigenvalue weighted by molar-refractivity contribution is 4.72. The molecule has 0 amide bonds. The fourth-order valence-corrected chi connectivity index (χ4v) is 1.97. The van der Waals surface area contributed by atoms with Gasteiger partial charge in [-0.1, -0.05) is 6.92 Å². The molecule has 0 aromatic rings. The first-order valence-corrected chi connectivity index (χ1v) is 5.28. The zero-order valence-electron chi connectivity index (χ0n) is 8.88. The first kappa shape index (κ1) is 11.0. The molecule has 1 atom stereocenters. The molecule has 3 nitrogen and oxygen atoms in total. The summed E-state index contributed by atoms with van der Waals surface area (Å²) in [7, 11) is 1.77. The van der Waals surface area contributed by atoms with E-state index in [0.717, 1.165) is 25.7 Å². The number of rotatable bonds is 5. The molecule has 78 valence electrons. The van der Waals surface area contributed by atoms with Crippen LogP contribution in [0.2, 0.25) is 0 Å². The number of hydrogen-bond acceptors (Lipinski definition) is 3. The molecule has 1 aliphatic heterocycles. The highest BCUT2D eigenvalue weighted by Gasteiger charge is 2.18. The van der Waals surface area contributed by atoms with Gasteiger partial charge in [0.25, 0.3) is 0 Å². The Morgan fingerprint density at radius 1 is 1.54 bits per heavy atom. The lowest BCUT2D eigenvalue weighted by Gasteiger charge is -2.32. The van der Waals surface area contributed by atoms with Crippen LogP contribution in [0.4, 0.5) is 0 Å². The molecule has 1 unspecified atom stereocenters. The Labute approximate surface area is 81.4 Å². The third-order valence-corrected chi connectivity index (χ3v) is 2.60. The van der Waals surface area contributed by atoms with Crippen LogP contribution >= 0.6 is 0 Å². The van der Waals surface area contributed by atoms with E-state index in [2.05, 4.69) is 17.1 Å². The van der Waals surface area contributed by atoms with Gasteiger partial charge >= 0.3 is 0 Å². The standard InChI is InChI=1S/C10H22N2O/c1-3-11-7-10-5-4-6-12(8-10)9-13-2/h10-11H,3-9H2,1-2H3. The van der Waals surface area contributed by atoms with Crippen LogP contribution in [0.25, 0.3) is 0 Å². The lowest BCUT2D eigenvalue weighted by atomic mass is 9.98. The molecule has 1 fully saturated rings. The summed E-state index contributed by atoms with van der Waals surface area (Å²) >= 11 is 0. The number of ether oxygens (including phenoxy) is 1. The summed E-state index contributed by atoms with van der Waals surface area (Å²) in [5.74, 6) is 0.823. The molecule has 1 saturated heterocycles. The monoisotopic (exact) mass is 186 g/mol. The number of hydrogen-bond donors (Lipinski definition) is 1. The summed E-state index contributed by atoms with van der Waals surface area (Å²) in [6.07, 6.45) is 2.69. The molecule has 3 heteroatoms. The zero-order valence-corrected chi connectivity index (χ0v) is 8.88. The molecular formula is C10H22N2O. The maximum atomic E-state index is 5.14. The number of nitrogens with zero attached hydrogens (tertiary/aromatic N) is 1. The van der Waals surface area contributed by atoms with E-state index < -0.39 is 0 Å². The van der Waals surface area contributed by atoms with Gasteiger partial charge in [0, 0.05) is 20.2 Å². The van der Waals surface area contributed by atoms with Gasteiger partial charge in [0.2, 0.25) is 0 Å². The molecule has 0 aromatic heterocycles. The van der Waals surface area contributed by atoms with Gasteiger partial charge in [-0.2, -0.15) is 0 Å². The van der Waals surface area contributed by atoms with E-state index in [0.29, 0.717) is 0 Å². The van der Waals surface area contributed by atoms with Crippen LogP contribution in [-0.4, -0.2) is 44.9 Å². The van der Waals surface area contributed by atoms with Crippen LogP contribution in [0.15, 0.2) is 0 Å². The second-order valence-electron chi connectivity index (χ2n) is 3.81. The van der Waals surface area contributed by atoms with Crippen molar-refractivity contribution in [2.24, 2.45) is 5.92 Å². The minimum Gasteiger partial charge on any atom is -0.369 e. The molecule has 0 saturated carbocycles. The van der Waals surface area contributed by atoms with Gasteiger partial charge in [-0.05, 0) is 31.8 Å². The van der Waals surface area contributed by atoms with E-state index in [1.807, 2.05) is 0 Å². The van der Waals surface area contributed by atoms with Gasteiger partial charge in [0.05, 0.1) is 6.73 Å². The van der Waals surface area contributed by atoms with E-state index in [9.17, 15) is 0 Å². The third kappa shape index (κ3) is 4.07. The third-order valence-electron chi connectivity index (χ3n) is 2.60. The van der Waals surface area contributed by atoms with Crippen LogP contribution in [0.3, 0.4) is 0 Å². The van der Waals surface area contributed by atoms with E-state index in [1.54, 1.807) is 7.11 Å². The Hall–Kier alpha value is -0.120. The van der Waals surface area contributed by atoms with Crippen molar-refractivity contribution in [2.75, 3.05) is 40.0 Å². The Balaban J connectivity index is 2.16. The Morgan fingerprint density at radius 3 is 3.08 bits per heavy atom. The second kappa shape index (κ2) is 6.35. The van der Waals surface area contributed by atoms with Crippen molar-refractivity contribution in [3.05, 3.63) is 0 Å².